The molecule has 0 spiro atoms. The van der Waals surface area contributed by atoms with Gasteiger partial charge in [-0.25, -0.2) is 4.39 Å². The second-order valence-corrected chi connectivity index (χ2v) is 7.05. The van der Waals surface area contributed by atoms with Gasteiger partial charge < -0.3 is 4.90 Å². The summed E-state index contributed by atoms with van der Waals surface area (Å²) in [7, 11) is 1.94. The van der Waals surface area contributed by atoms with Gasteiger partial charge in [0.1, 0.15) is 5.69 Å². The summed E-state index contributed by atoms with van der Waals surface area (Å²) in [4.78, 5) is 31.6. The van der Waals surface area contributed by atoms with Gasteiger partial charge in [0.05, 0.1) is 18.3 Å². The van der Waals surface area contributed by atoms with Gasteiger partial charge in [-0.05, 0) is 24.6 Å². The zero-order valence-electron chi connectivity index (χ0n) is 15.1. The van der Waals surface area contributed by atoms with E-state index < -0.39 is 5.67 Å². The number of carbonyl (C=O) groups is 1. The van der Waals surface area contributed by atoms with Gasteiger partial charge in [-0.1, -0.05) is 0 Å². The Bertz CT molecular complexity index is 971. The number of alkyl halides is 1. The summed E-state index contributed by atoms with van der Waals surface area (Å²) in [6.45, 7) is 1.20. The van der Waals surface area contributed by atoms with Crippen LogP contribution in [0, 0.1) is 0 Å². The molecule has 1 saturated heterocycles. The van der Waals surface area contributed by atoms with Crippen LogP contribution in [0.25, 0.3) is 22.2 Å². The van der Waals surface area contributed by atoms with Gasteiger partial charge in [-0.3, -0.25) is 24.7 Å². The lowest BCUT2D eigenvalue weighted by atomic mass is 9.87. The number of rotatable bonds is 4. The van der Waals surface area contributed by atoms with E-state index in [4.69, 9.17) is 0 Å². The van der Waals surface area contributed by atoms with Crippen LogP contribution in [0.3, 0.4) is 0 Å². The van der Waals surface area contributed by atoms with Crippen molar-refractivity contribution >= 4 is 16.6 Å². The van der Waals surface area contributed by atoms with Gasteiger partial charge in [0.15, 0.2) is 11.5 Å². The molecule has 0 amide bonds. The maximum atomic E-state index is 15.0. The van der Waals surface area contributed by atoms with Gasteiger partial charge in [-0.15, -0.1) is 0 Å². The standard InChI is InChI=1S/C20H20FN5O/c1-26-6-2-20(21,3-7-26)19(27)10-16-8-14-9-17(18-13-22-4-5-23-18)25-12-15(14)11-24-16/h4-5,8-9,11-13H,2-3,6-7,10H2,1H3. The molecule has 0 atom stereocenters. The number of fused-ring (bicyclic) bond motifs is 1. The highest BCUT2D eigenvalue weighted by Gasteiger charge is 2.40. The van der Waals surface area contributed by atoms with E-state index in [0.717, 1.165) is 10.8 Å². The fourth-order valence-electron chi connectivity index (χ4n) is 3.33. The van der Waals surface area contributed by atoms with Gasteiger partial charge >= 0.3 is 0 Å². The molecule has 4 rings (SSSR count). The molecule has 27 heavy (non-hydrogen) atoms. The van der Waals surface area contributed by atoms with Crippen LogP contribution in [0.5, 0.6) is 0 Å². The Morgan fingerprint density at radius 1 is 1.04 bits per heavy atom. The molecule has 4 heterocycles. The average Bonchev–Trinajstić information content (AvgIpc) is 2.70. The van der Waals surface area contributed by atoms with Crippen molar-refractivity contribution < 1.29 is 9.18 Å². The van der Waals surface area contributed by atoms with Crippen LogP contribution >= 0.6 is 0 Å². The number of ketones is 1. The lowest BCUT2D eigenvalue weighted by molar-refractivity contribution is -0.132. The highest BCUT2D eigenvalue weighted by atomic mass is 19.1. The first-order chi connectivity index (χ1) is 13.0. The SMILES string of the molecule is CN1CCC(F)(C(=O)Cc2cc3cc(-c4cnccn4)ncc3cn2)CC1. The highest BCUT2D eigenvalue weighted by molar-refractivity contribution is 5.90. The summed E-state index contributed by atoms with van der Waals surface area (Å²) in [5.74, 6) is -0.384. The third-order valence-corrected chi connectivity index (χ3v) is 5.11. The van der Waals surface area contributed by atoms with E-state index in [0.29, 0.717) is 30.2 Å². The number of nitrogens with zero attached hydrogens (tertiary/aromatic N) is 5. The van der Waals surface area contributed by atoms with Crippen LogP contribution in [0.15, 0.2) is 43.1 Å². The number of aromatic nitrogens is 4. The minimum Gasteiger partial charge on any atom is -0.306 e. The molecular weight excluding hydrogens is 345 g/mol. The largest absolute Gasteiger partial charge is 0.306 e. The first kappa shape index (κ1) is 17.6. The van der Waals surface area contributed by atoms with Crippen molar-refractivity contribution in [3.63, 3.8) is 0 Å². The van der Waals surface area contributed by atoms with Crippen LogP contribution in [-0.2, 0) is 11.2 Å². The Kier molecular flexibility index (Phi) is 4.61. The van der Waals surface area contributed by atoms with E-state index in [-0.39, 0.29) is 25.0 Å². The monoisotopic (exact) mass is 365 g/mol. The van der Waals surface area contributed by atoms with Crippen molar-refractivity contribution in [2.45, 2.75) is 24.9 Å². The predicted octanol–water partition coefficient (Wildman–Crippen LogP) is 2.63. The van der Waals surface area contributed by atoms with Crippen LogP contribution in [0.4, 0.5) is 4.39 Å². The lowest BCUT2D eigenvalue weighted by Gasteiger charge is -2.33. The van der Waals surface area contributed by atoms with Crippen molar-refractivity contribution in [3.8, 4) is 11.4 Å². The molecule has 1 aliphatic heterocycles. The summed E-state index contributed by atoms with van der Waals surface area (Å²) < 4.78 is 15.0. The van der Waals surface area contributed by atoms with Crippen LogP contribution in [0.2, 0.25) is 0 Å². The van der Waals surface area contributed by atoms with Gasteiger partial charge in [0.25, 0.3) is 0 Å². The predicted molar refractivity (Wildman–Crippen MR) is 99.8 cm³/mol. The fraction of sp³-hybridized carbons (Fsp3) is 0.350. The fourth-order valence-corrected chi connectivity index (χ4v) is 3.33. The smallest absolute Gasteiger partial charge is 0.175 e. The summed E-state index contributed by atoms with van der Waals surface area (Å²) >= 11 is 0. The molecule has 0 radical (unpaired) electrons. The third-order valence-electron chi connectivity index (χ3n) is 5.11. The molecular formula is C20H20FN5O. The van der Waals surface area contributed by atoms with E-state index >= 15 is 0 Å². The van der Waals surface area contributed by atoms with Crippen molar-refractivity contribution in [2.24, 2.45) is 0 Å². The molecule has 138 valence electrons. The number of likely N-dealkylation sites (tertiary alicyclic amines) is 1. The van der Waals surface area contributed by atoms with Crippen molar-refractivity contribution in [1.29, 1.82) is 0 Å². The van der Waals surface area contributed by atoms with E-state index in [2.05, 4.69) is 19.9 Å². The molecule has 7 heteroatoms. The van der Waals surface area contributed by atoms with E-state index in [1.54, 1.807) is 31.0 Å². The molecule has 0 aliphatic carbocycles. The second-order valence-electron chi connectivity index (χ2n) is 7.05. The van der Waals surface area contributed by atoms with Crippen molar-refractivity contribution in [2.75, 3.05) is 20.1 Å². The van der Waals surface area contributed by atoms with Crippen LogP contribution in [-0.4, -0.2) is 56.4 Å². The van der Waals surface area contributed by atoms with E-state index in [9.17, 15) is 9.18 Å². The molecule has 3 aromatic heterocycles. The molecule has 6 nitrogen and oxygen atoms in total. The van der Waals surface area contributed by atoms with Crippen LogP contribution < -0.4 is 0 Å². The molecule has 1 fully saturated rings. The number of Topliss-reactive ketones (excluding diaryl/α,β-unsaturated/α-hetero) is 1. The maximum absolute atomic E-state index is 15.0. The first-order valence-corrected chi connectivity index (χ1v) is 8.95. The lowest BCUT2D eigenvalue weighted by Crippen LogP contribution is -2.45. The molecule has 1 aliphatic rings. The molecule has 0 saturated carbocycles. The Labute approximate surface area is 156 Å². The highest BCUT2D eigenvalue weighted by Crippen LogP contribution is 2.28. The quantitative estimate of drug-likeness (QED) is 0.708. The summed E-state index contributed by atoms with van der Waals surface area (Å²) in [6.07, 6.45) is 8.74. The van der Waals surface area contributed by atoms with Gasteiger partial charge in [-0.2, -0.15) is 0 Å². The molecule has 3 aromatic rings. The Morgan fingerprint density at radius 2 is 1.81 bits per heavy atom. The number of carbonyl (C=O) groups excluding carboxylic acids is 1. The van der Waals surface area contributed by atoms with Crippen molar-refractivity contribution in [3.05, 3.63) is 48.8 Å². The summed E-state index contributed by atoms with van der Waals surface area (Å²) in [6, 6.07) is 3.71. The number of hydrogen-bond acceptors (Lipinski definition) is 6. The Hall–Kier alpha value is -2.80. The first-order valence-electron chi connectivity index (χ1n) is 8.95. The summed E-state index contributed by atoms with van der Waals surface area (Å²) in [5.41, 5.74) is 0.186. The maximum Gasteiger partial charge on any atom is 0.175 e. The average molecular weight is 365 g/mol. The molecule has 0 N–H and O–H groups in total. The minimum absolute atomic E-state index is 0.00104. The number of hydrogen-bond donors (Lipinski definition) is 0. The van der Waals surface area contributed by atoms with Crippen LogP contribution in [0.1, 0.15) is 18.5 Å². The number of pyridine rings is 2. The minimum atomic E-state index is -1.74. The number of halogens is 1. The van der Waals surface area contributed by atoms with E-state index in [1.807, 2.05) is 24.1 Å². The normalized spacial score (nSPS) is 17.1. The Morgan fingerprint density at radius 3 is 2.56 bits per heavy atom. The molecule has 0 aromatic carbocycles. The Balaban J connectivity index is 1.58. The number of piperidine rings is 1. The van der Waals surface area contributed by atoms with Gasteiger partial charge in [0, 0.05) is 61.8 Å². The zero-order valence-corrected chi connectivity index (χ0v) is 15.1. The molecule has 0 unspecified atom stereocenters. The second kappa shape index (κ2) is 7.08. The summed E-state index contributed by atoms with van der Waals surface area (Å²) in [5, 5.41) is 1.74. The zero-order chi connectivity index (χ0) is 18.9. The molecule has 0 bridgehead atoms. The van der Waals surface area contributed by atoms with Crippen molar-refractivity contribution in [1.82, 2.24) is 24.8 Å². The van der Waals surface area contributed by atoms with Gasteiger partial charge in [0.2, 0.25) is 0 Å². The topological polar surface area (TPSA) is 71.9 Å². The van der Waals surface area contributed by atoms with E-state index in [1.165, 1.54) is 0 Å². The third kappa shape index (κ3) is 3.68.